The fourth-order valence-electron chi connectivity index (χ4n) is 4.69. The van der Waals surface area contributed by atoms with Crippen molar-refractivity contribution in [2.24, 2.45) is 5.41 Å². The zero-order valence-corrected chi connectivity index (χ0v) is 19.9. The van der Waals surface area contributed by atoms with Crippen LogP contribution in [0.25, 0.3) is 28.2 Å². The highest BCUT2D eigenvalue weighted by Gasteiger charge is 2.38. The van der Waals surface area contributed by atoms with Crippen molar-refractivity contribution in [3.05, 3.63) is 66.9 Å². The summed E-state index contributed by atoms with van der Waals surface area (Å²) in [7, 11) is 0. The molecule has 1 aliphatic rings. The number of carbonyl (C=O) groups is 1. The van der Waals surface area contributed by atoms with Gasteiger partial charge in [0.15, 0.2) is 0 Å². The van der Waals surface area contributed by atoms with Crippen molar-refractivity contribution in [1.82, 2.24) is 24.4 Å². The van der Waals surface area contributed by atoms with Crippen molar-refractivity contribution in [2.45, 2.75) is 26.8 Å². The number of amides is 1. The van der Waals surface area contributed by atoms with E-state index in [1.54, 1.807) is 23.2 Å². The average molecular weight is 475 g/mol. The Bertz CT molecular complexity index is 1360. The van der Waals surface area contributed by atoms with Gasteiger partial charge in [0.05, 0.1) is 17.1 Å². The van der Waals surface area contributed by atoms with Crippen molar-refractivity contribution in [1.29, 1.82) is 0 Å². The molecule has 0 spiro atoms. The number of rotatable bonds is 3. The van der Waals surface area contributed by atoms with Gasteiger partial charge >= 0.3 is 6.09 Å². The topological polar surface area (TPSA) is 87.4 Å². The number of halogens is 1. The smallest absolute Gasteiger partial charge is 0.407 e. The van der Waals surface area contributed by atoms with E-state index in [4.69, 9.17) is 4.98 Å². The van der Waals surface area contributed by atoms with Gasteiger partial charge in [0.25, 0.3) is 0 Å². The Labute approximate surface area is 202 Å². The molecule has 2 aromatic heterocycles. The van der Waals surface area contributed by atoms with E-state index in [1.165, 1.54) is 18.5 Å². The zero-order valence-electron chi connectivity index (χ0n) is 19.9. The monoisotopic (exact) mass is 474 g/mol. The minimum Gasteiger partial charge on any atom is -0.465 e. The number of benzene rings is 2. The van der Waals surface area contributed by atoms with Gasteiger partial charge in [-0.25, -0.2) is 24.1 Å². The Morgan fingerprint density at radius 2 is 1.86 bits per heavy atom. The van der Waals surface area contributed by atoms with E-state index in [-0.39, 0.29) is 17.3 Å². The molecule has 1 fully saturated rings. The number of nitrogens with zero attached hydrogens (tertiary/aromatic N) is 6. The number of aromatic nitrogens is 4. The molecule has 9 heteroatoms. The highest BCUT2D eigenvalue weighted by Crippen LogP contribution is 2.33. The third-order valence-corrected chi connectivity index (χ3v) is 6.53. The highest BCUT2D eigenvalue weighted by atomic mass is 19.1. The zero-order chi connectivity index (χ0) is 24.7. The summed E-state index contributed by atoms with van der Waals surface area (Å²) in [6.45, 7) is 7.82. The molecule has 35 heavy (non-hydrogen) atoms. The first-order valence-corrected chi connectivity index (χ1v) is 11.5. The standard InChI is InChI=1S/C26H27FN6O2/c1-26(2,3)22-15-31(12-13-32(22)25(34)35)19-8-9-20-21(14-19)33(23-10-11-28-16-29-23)24(30-20)17-4-6-18(27)7-5-17/h4-11,14,16,22H,12-13,15H2,1-3H3,(H,34,35). The lowest BCUT2D eigenvalue weighted by molar-refractivity contribution is 0.0748. The van der Waals surface area contributed by atoms with E-state index in [9.17, 15) is 14.3 Å². The fourth-order valence-corrected chi connectivity index (χ4v) is 4.69. The van der Waals surface area contributed by atoms with E-state index < -0.39 is 6.09 Å². The average Bonchev–Trinajstić information content (AvgIpc) is 3.23. The third kappa shape index (κ3) is 4.29. The maximum atomic E-state index is 13.6. The van der Waals surface area contributed by atoms with Crippen LogP contribution in [0.15, 0.2) is 61.1 Å². The number of imidazole rings is 1. The highest BCUT2D eigenvalue weighted by molar-refractivity contribution is 5.86. The second kappa shape index (κ2) is 8.65. The van der Waals surface area contributed by atoms with Crippen LogP contribution in [0.1, 0.15) is 20.8 Å². The summed E-state index contributed by atoms with van der Waals surface area (Å²) in [5.74, 6) is 0.996. The van der Waals surface area contributed by atoms with Gasteiger partial charge in [0.1, 0.15) is 23.8 Å². The van der Waals surface area contributed by atoms with Gasteiger partial charge in [0.2, 0.25) is 0 Å². The summed E-state index contributed by atoms with van der Waals surface area (Å²) < 4.78 is 15.5. The minimum absolute atomic E-state index is 0.147. The Hall–Kier alpha value is -4.01. The van der Waals surface area contributed by atoms with Crippen molar-refractivity contribution < 1.29 is 14.3 Å². The van der Waals surface area contributed by atoms with Crippen LogP contribution in [0.4, 0.5) is 14.9 Å². The van der Waals surface area contributed by atoms with Gasteiger partial charge < -0.3 is 14.9 Å². The molecule has 1 atom stereocenters. The van der Waals surface area contributed by atoms with Gasteiger partial charge in [-0.1, -0.05) is 20.8 Å². The Balaban J connectivity index is 1.61. The summed E-state index contributed by atoms with van der Waals surface area (Å²) in [6.07, 6.45) is 2.27. The molecule has 5 rings (SSSR count). The molecule has 1 N–H and O–H groups in total. The third-order valence-electron chi connectivity index (χ3n) is 6.53. The van der Waals surface area contributed by atoms with Crippen LogP contribution in [-0.2, 0) is 0 Å². The molecule has 3 heterocycles. The molecule has 4 aromatic rings. The summed E-state index contributed by atoms with van der Waals surface area (Å²) in [5, 5.41) is 9.72. The number of piperazine rings is 1. The van der Waals surface area contributed by atoms with Crippen molar-refractivity contribution in [3.63, 3.8) is 0 Å². The largest absolute Gasteiger partial charge is 0.465 e. The number of hydrogen-bond donors (Lipinski definition) is 1. The predicted octanol–water partition coefficient (Wildman–Crippen LogP) is 4.84. The molecule has 180 valence electrons. The molecule has 0 radical (unpaired) electrons. The molecule has 0 aliphatic carbocycles. The number of fused-ring (bicyclic) bond motifs is 1. The number of hydrogen-bond acceptors (Lipinski definition) is 5. The molecule has 1 aliphatic heterocycles. The van der Waals surface area contributed by atoms with Gasteiger partial charge in [-0.05, 0) is 53.9 Å². The Morgan fingerprint density at radius 3 is 2.51 bits per heavy atom. The molecule has 8 nitrogen and oxygen atoms in total. The van der Waals surface area contributed by atoms with Crippen molar-refractivity contribution in [3.8, 4) is 17.2 Å². The fraction of sp³-hybridized carbons (Fsp3) is 0.308. The van der Waals surface area contributed by atoms with Gasteiger partial charge in [-0.15, -0.1) is 0 Å². The molecular weight excluding hydrogens is 447 g/mol. The van der Waals surface area contributed by atoms with E-state index >= 15 is 0 Å². The normalized spacial score (nSPS) is 16.6. The van der Waals surface area contributed by atoms with Crippen LogP contribution in [0, 0.1) is 11.2 Å². The maximum absolute atomic E-state index is 13.6. The maximum Gasteiger partial charge on any atom is 0.407 e. The number of anilines is 1. The van der Waals surface area contributed by atoms with Crippen LogP contribution in [-0.4, -0.2) is 61.3 Å². The molecule has 1 amide bonds. The number of carboxylic acid groups (broad SMARTS) is 1. The first-order valence-electron chi connectivity index (χ1n) is 11.5. The van der Waals surface area contributed by atoms with Gasteiger partial charge in [-0.3, -0.25) is 4.57 Å². The van der Waals surface area contributed by atoms with E-state index in [0.717, 1.165) is 22.3 Å². The lowest BCUT2D eigenvalue weighted by atomic mass is 9.84. The van der Waals surface area contributed by atoms with Gasteiger partial charge in [0, 0.05) is 37.1 Å². The summed E-state index contributed by atoms with van der Waals surface area (Å²) >= 11 is 0. The quantitative estimate of drug-likeness (QED) is 0.457. The van der Waals surface area contributed by atoms with E-state index in [1.807, 2.05) is 22.8 Å². The summed E-state index contributed by atoms with van der Waals surface area (Å²) in [6, 6.07) is 13.9. The van der Waals surface area contributed by atoms with Crippen LogP contribution in [0.5, 0.6) is 0 Å². The van der Waals surface area contributed by atoms with Crippen LogP contribution in [0.3, 0.4) is 0 Å². The lowest BCUT2D eigenvalue weighted by Gasteiger charge is -2.46. The van der Waals surface area contributed by atoms with Gasteiger partial charge in [-0.2, -0.15) is 0 Å². The molecule has 2 aromatic carbocycles. The first kappa shape index (κ1) is 22.8. The molecule has 0 bridgehead atoms. The SMILES string of the molecule is CC(C)(C)C1CN(c2ccc3nc(-c4ccc(F)cc4)n(-c4ccncn4)c3c2)CCN1C(=O)O. The molecule has 1 unspecified atom stereocenters. The lowest BCUT2D eigenvalue weighted by Crippen LogP contribution is -2.59. The van der Waals surface area contributed by atoms with Crippen molar-refractivity contribution in [2.75, 3.05) is 24.5 Å². The van der Waals surface area contributed by atoms with Crippen LogP contribution >= 0.6 is 0 Å². The summed E-state index contributed by atoms with van der Waals surface area (Å²) in [4.78, 5) is 28.9. The minimum atomic E-state index is -0.884. The second-order valence-electron chi connectivity index (χ2n) is 9.82. The first-order chi connectivity index (χ1) is 16.7. The Morgan fingerprint density at radius 1 is 1.09 bits per heavy atom. The predicted molar refractivity (Wildman–Crippen MR) is 132 cm³/mol. The summed E-state index contributed by atoms with van der Waals surface area (Å²) in [5.41, 5.74) is 3.18. The van der Waals surface area contributed by atoms with E-state index in [0.29, 0.717) is 31.3 Å². The van der Waals surface area contributed by atoms with Crippen molar-refractivity contribution >= 4 is 22.8 Å². The second-order valence-corrected chi connectivity index (χ2v) is 9.82. The van der Waals surface area contributed by atoms with Crippen LogP contribution in [0.2, 0.25) is 0 Å². The molecule has 0 saturated carbocycles. The molecular formula is C26H27FN6O2. The van der Waals surface area contributed by atoms with E-state index in [2.05, 4.69) is 41.7 Å². The van der Waals surface area contributed by atoms with Crippen LogP contribution < -0.4 is 4.90 Å². The molecule has 1 saturated heterocycles. The Kier molecular flexibility index (Phi) is 5.62.